The van der Waals surface area contributed by atoms with Gasteiger partial charge in [-0.15, -0.1) is 0 Å². The van der Waals surface area contributed by atoms with Gasteiger partial charge in [-0.25, -0.2) is 13.8 Å². The fraction of sp³-hybridized carbons (Fsp3) is 0.500. The number of hydrogen-bond donors (Lipinski definition) is 3. The van der Waals surface area contributed by atoms with Crippen LogP contribution in [0.2, 0.25) is 0 Å². The lowest BCUT2D eigenvalue weighted by molar-refractivity contribution is -0.183. The third kappa shape index (κ3) is 8.94. The van der Waals surface area contributed by atoms with Gasteiger partial charge in [0.15, 0.2) is 12.3 Å². The summed E-state index contributed by atoms with van der Waals surface area (Å²) in [5.74, 6) is -4.97. The van der Waals surface area contributed by atoms with Crippen molar-refractivity contribution in [2.45, 2.75) is 57.4 Å². The molecule has 4 rings (SSSR count). The van der Waals surface area contributed by atoms with E-state index in [0.717, 1.165) is 22.8 Å². The van der Waals surface area contributed by atoms with Crippen LogP contribution in [0.3, 0.4) is 0 Å². The second-order valence-corrected chi connectivity index (χ2v) is 10.9. The van der Waals surface area contributed by atoms with E-state index in [0.29, 0.717) is 6.07 Å². The highest BCUT2D eigenvalue weighted by molar-refractivity contribution is 5.99. The van der Waals surface area contributed by atoms with Crippen molar-refractivity contribution in [3.05, 3.63) is 41.0 Å². The number of pyridine rings is 1. The van der Waals surface area contributed by atoms with Gasteiger partial charge in [0.1, 0.15) is 11.1 Å². The van der Waals surface area contributed by atoms with Gasteiger partial charge in [0.25, 0.3) is 18.2 Å². The number of imidazole rings is 1. The highest BCUT2D eigenvalue weighted by atomic mass is 19.4. The maximum atomic E-state index is 13.8. The molecule has 0 atom stereocenters. The molecule has 1 fully saturated rings. The lowest BCUT2D eigenvalue weighted by Gasteiger charge is -2.29. The molecule has 47 heavy (non-hydrogen) atoms. The number of carbonyl (C=O) groups excluding carboxylic acids is 2. The third-order valence-corrected chi connectivity index (χ3v) is 7.56. The molecule has 2 heterocycles. The summed E-state index contributed by atoms with van der Waals surface area (Å²) < 4.78 is 138. The monoisotopic (exact) mass is 686 g/mol. The molecular weight excluding hydrogens is 658 g/mol. The van der Waals surface area contributed by atoms with Gasteiger partial charge in [-0.3, -0.25) is 14.2 Å². The van der Waals surface area contributed by atoms with Crippen LogP contribution < -0.4 is 20.7 Å². The standard InChI is InChI=1S/C28H28F10N6O3/c1-44-22-19(42-26(44)41-18-8-14(11-40-24(46)21(31)32)4-7-17(18)28(36,37)38)9-16(25(43-22)47-12-20(29)30)23(45)39-10-13-2-5-15(6-3-13)27(33,34)35/h4,7-9,13,15,20-21H,2-3,5-6,10-12H2,1H3,(H,39,45)(H,40,46)(H,41,42). The third-order valence-electron chi connectivity index (χ3n) is 7.56. The lowest BCUT2D eigenvalue weighted by Crippen LogP contribution is -2.34. The van der Waals surface area contributed by atoms with Crippen LogP contribution in [0.4, 0.5) is 55.5 Å². The molecule has 0 unspecified atom stereocenters. The molecule has 0 spiro atoms. The van der Waals surface area contributed by atoms with Crippen molar-refractivity contribution < 1.29 is 58.2 Å². The van der Waals surface area contributed by atoms with E-state index >= 15 is 0 Å². The van der Waals surface area contributed by atoms with E-state index in [1.54, 1.807) is 0 Å². The largest absolute Gasteiger partial charge is 0.471 e. The average molecular weight is 687 g/mol. The molecule has 0 saturated heterocycles. The maximum Gasteiger partial charge on any atom is 0.418 e. The molecule has 9 nitrogen and oxygen atoms in total. The summed E-state index contributed by atoms with van der Waals surface area (Å²) in [6.45, 7) is -1.70. The number of fused-ring (bicyclic) bond motifs is 1. The van der Waals surface area contributed by atoms with E-state index in [1.165, 1.54) is 7.05 Å². The Morgan fingerprint density at radius 2 is 1.66 bits per heavy atom. The number of nitrogens with one attached hydrogen (secondary N) is 3. The second-order valence-electron chi connectivity index (χ2n) is 10.9. The second kappa shape index (κ2) is 14.2. The topological polar surface area (TPSA) is 110 Å². The Balaban J connectivity index is 1.60. The van der Waals surface area contributed by atoms with Gasteiger partial charge >= 0.3 is 18.8 Å². The van der Waals surface area contributed by atoms with Crippen LogP contribution in [0.5, 0.6) is 5.88 Å². The number of amides is 2. The molecular formula is C28H28F10N6O3. The minimum atomic E-state index is -4.89. The maximum absolute atomic E-state index is 13.8. The predicted octanol–water partition coefficient (Wildman–Crippen LogP) is 6.35. The van der Waals surface area contributed by atoms with Crippen LogP contribution in [0, 0.1) is 11.8 Å². The molecule has 2 amide bonds. The number of alkyl halides is 10. The van der Waals surface area contributed by atoms with E-state index in [2.05, 4.69) is 20.6 Å². The molecule has 19 heteroatoms. The molecule has 3 N–H and O–H groups in total. The van der Waals surface area contributed by atoms with Gasteiger partial charge in [0.05, 0.1) is 17.2 Å². The van der Waals surface area contributed by atoms with E-state index in [1.807, 2.05) is 5.32 Å². The van der Waals surface area contributed by atoms with Gasteiger partial charge in [-0.2, -0.15) is 40.1 Å². The van der Waals surface area contributed by atoms with Crippen LogP contribution in [-0.2, 0) is 24.6 Å². The fourth-order valence-corrected chi connectivity index (χ4v) is 5.09. The number of ether oxygens (including phenoxy) is 1. The predicted molar refractivity (Wildman–Crippen MR) is 146 cm³/mol. The Morgan fingerprint density at radius 3 is 2.26 bits per heavy atom. The Morgan fingerprint density at radius 1 is 0.979 bits per heavy atom. The number of nitrogens with zero attached hydrogens (tertiary/aromatic N) is 3. The summed E-state index contributed by atoms with van der Waals surface area (Å²) in [7, 11) is 1.32. The Labute approximate surface area is 260 Å². The molecule has 1 aliphatic rings. The Bertz CT molecular complexity index is 1580. The molecule has 0 aliphatic heterocycles. The summed E-state index contributed by atoms with van der Waals surface area (Å²) >= 11 is 0. The van der Waals surface area contributed by atoms with Crippen LogP contribution in [0.1, 0.15) is 47.2 Å². The SMILES string of the molecule is Cn1c(Nc2cc(CNC(=O)C(F)F)ccc2C(F)(F)F)nc2cc(C(=O)NCC3CCC(C(F)(F)F)CC3)c(OCC(F)F)nc21. The Hall–Kier alpha value is -4.32. The zero-order valence-corrected chi connectivity index (χ0v) is 24.4. The minimum absolute atomic E-state index is 0.0148. The van der Waals surface area contributed by atoms with E-state index in [9.17, 15) is 53.5 Å². The molecule has 0 bridgehead atoms. The zero-order valence-electron chi connectivity index (χ0n) is 24.4. The number of aromatic nitrogens is 3. The summed E-state index contributed by atoms with van der Waals surface area (Å²) in [4.78, 5) is 32.6. The molecule has 1 aromatic carbocycles. The summed E-state index contributed by atoms with van der Waals surface area (Å²) in [6.07, 6.45) is -15.3. The van der Waals surface area contributed by atoms with Crippen LogP contribution in [-0.4, -0.2) is 58.5 Å². The van der Waals surface area contributed by atoms with Crippen LogP contribution >= 0.6 is 0 Å². The van der Waals surface area contributed by atoms with Gasteiger partial charge in [-0.1, -0.05) is 6.07 Å². The van der Waals surface area contributed by atoms with Crippen molar-refractivity contribution in [3.63, 3.8) is 0 Å². The van der Waals surface area contributed by atoms with Crippen molar-refractivity contribution >= 4 is 34.6 Å². The van der Waals surface area contributed by atoms with Gasteiger partial charge < -0.3 is 20.7 Å². The first-order valence-electron chi connectivity index (χ1n) is 14.1. The number of anilines is 2. The number of hydrogen-bond acceptors (Lipinski definition) is 6. The van der Waals surface area contributed by atoms with Gasteiger partial charge in [0, 0.05) is 20.1 Å². The highest BCUT2D eigenvalue weighted by Gasteiger charge is 2.41. The molecule has 1 aliphatic carbocycles. The van der Waals surface area contributed by atoms with E-state index in [4.69, 9.17) is 4.74 Å². The van der Waals surface area contributed by atoms with E-state index < -0.39 is 73.2 Å². The van der Waals surface area contributed by atoms with Crippen LogP contribution in [0.25, 0.3) is 11.2 Å². The number of halogens is 10. The first-order chi connectivity index (χ1) is 21.9. The number of benzene rings is 1. The summed E-state index contributed by atoms with van der Waals surface area (Å²) in [5.41, 5.74) is -2.23. The average Bonchev–Trinajstić information content (AvgIpc) is 3.29. The summed E-state index contributed by atoms with van der Waals surface area (Å²) in [6, 6.07) is 3.72. The van der Waals surface area contributed by atoms with Crippen molar-refractivity contribution in [3.8, 4) is 5.88 Å². The van der Waals surface area contributed by atoms with Crippen molar-refractivity contribution in [2.75, 3.05) is 18.5 Å². The van der Waals surface area contributed by atoms with Crippen molar-refractivity contribution in [1.29, 1.82) is 0 Å². The lowest BCUT2D eigenvalue weighted by atomic mass is 9.81. The van der Waals surface area contributed by atoms with Crippen molar-refractivity contribution in [2.24, 2.45) is 18.9 Å². The number of carbonyl (C=O) groups is 2. The number of aryl methyl sites for hydroxylation is 1. The molecule has 258 valence electrons. The smallest absolute Gasteiger partial charge is 0.418 e. The van der Waals surface area contributed by atoms with E-state index in [-0.39, 0.29) is 66.4 Å². The fourth-order valence-electron chi connectivity index (χ4n) is 5.09. The van der Waals surface area contributed by atoms with Crippen LogP contribution in [0.15, 0.2) is 24.3 Å². The quantitative estimate of drug-likeness (QED) is 0.203. The molecule has 1 saturated carbocycles. The molecule has 0 radical (unpaired) electrons. The number of rotatable bonds is 11. The van der Waals surface area contributed by atoms with Gasteiger partial charge in [-0.05, 0) is 55.4 Å². The minimum Gasteiger partial charge on any atom is -0.471 e. The first-order valence-corrected chi connectivity index (χ1v) is 14.1. The molecule has 2 aromatic heterocycles. The zero-order chi connectivity index (χ0) is 34.7. The highest BCUT2D eigenvalue weighted by Crippen LogP contribution is 2.40. The molecule has 3 aromatic rings. The van der Waals surface area contributed by atoms with Crippen molar-refractivity contribution in [1.82, 2.24) is 25.2 Å². The van der Waals surface area contributed by atoms with Gasteiger partial charge in [0.2, 0.25) is 11.8 Å². The summed E-state index contributed by atoms with van der Waals surface area (Å²) in [5, 5.41) is 6.91. The first kappa shape index (κ1) is 35.5. The Kier molecular flexibility index (Phi) is 10.7. The normalized spacial score (nSPS) is 17.3.